The van der Waals surface area contributed by atoms with Crippen LogP contribution in [0.2, 0.25) is 0 Å². The number of hydrogen-bond acceptors (Lipinski definition) is 14. The highest BCUT2D eigenvalue weighted by Gasteiger charge is 2.14. The molecule has 0 N–H and O–H groups in total. The molecule has 135 heavy (non-hydrogen) atoms. The van der Waals surface area contributed by atoms with Gasteiger partial charge in [0.15, 0.2) is 0 Å². The lowest BCUT2D eigenvalue weighted by Gasteiger charge is -2.08. The summed E-state index contributed by atoms with van der Waals surface area (Å²) in [6.45, 7) is 71.1. The number of hydrogen-bond donors (Lipinski definition) is 0. The Morgan fingerprint density at radius 2 is 0.341 bits per heavy atom. The Balaban J connectivity index is 0.000000788. The highest BCUT2D eigenvalue weighted by Crippen LogP contribution is 2.22. The van der Waals surface area contributed by atoms with Gasteiger partial charge in [-0.2, -0.15) is 0 Å². The van der Waals surface area contributed by atoms with E-state index in [1.165, 1.54) is 311 Å². The molecule has 0 saturated heterocycles. The van der Waals surface area contributed by atoms with Crippen LogP contribution in [0.25, 0.3) is 0 Å². The quantitative estimate of drug-likeness (QED) is 0.0324. The summed E-state index contributed by atoms with van der Waals surface area (Å²) >= 11 is 0. The van der Waals surface area contributed by atoms with Crippen LogP contribution in [-0.2, 0) is 90.8 Å². The van der Waals surface area contributed by atoms with Crippen molar-refractivity contribution in [3.63, 3.8) is 0 Å². The Kier molecular flexibility index (Phi) is 78.8. The zero-order valence-electron chi connectivity index (χ0n) is 94.0. The van der Waals surface area contributed by atoms with Crippen LogP contribution in [0.4, 0.5) is 0 Å². The molecule has 0 aromatic carbocycles. The van der Waals surface area contributed by atoms with Crippen molar-refractivity contribution in [2.24, 2.45) is 82.9 Å². The van der Waals surface area contributed by atoms with Crippen molar-refractivity contribution in [2.75, 3.05) is 0 Å². The largest absolute Gasteiger partial charge is 0.252 e. The van der Waals surface area contributed by atoms with Gasteiger partial charge in [0.05, 0.1) is 70.8 Å². The van der Waals surface area contributed by atoms with Crippen LogP contribution in [-0.4, -0.2) is 105 Å². The third kappa shape index (κ3) is 77.4. The van der Waals surface area contributed by atoms with Crippen molar-refractivity contribution in [1.82, 2.24) is 105 Å². The van der Waals surface area contributed by atoms with E-state index in [9.17, 15) is 0 Å². The summed E-state index contributed by atoms with van der Waals surface area (Å²) in [6, 6.07) is 0. The van der Waals surface area contributed by atoms with Gasteiger partial charge in [0.25, 0.3) is 0 Å². The number of nitrogens with zero attached hydrogens (tertiary/aromatic N) is 21. The first-order valence-electron chi connectivity index (χ1n) is 56.8. The molecular weight excluding hydrogens is 1660 g/mol. The van der Waals surface area contributed by atoms with Crippen LogP contribution in [0.5, 0.6) is 0 Å². The molecule has 782 valence electrons. The highest BCUT2D eigenvalue weighted by atomic mass is 15.5. The fraction of sp³-hybridized carbons (Fsp3) is 0.877. The minimum absolute atomic E-state index is 0.730. The molecular formula is C114H221N21. The number of aryl methyl sites for hydroxylation is 14. The summed E-state index contributed by atoms with van der Waals surface area (Å²) in [5.74, 6) is 11.2. The Hall–Kier alpha value is -6.02. The Bertz CT molecular complexity index is 3410. The molecule has 21 heteroatoms. The van der Waals surface area contributed by atoms with Crippen LogP contribution in [0, 0.1) is 82.9 Å². The third-order valence-corrected chi connectivity index (χ3v) is 25.3. The monoisotopic (exact) mass is 1880 g/mol. The third-order valence-electron chi connectivity index (χ3n) is 25.3. The van der Waals surface area contributed by atoms with Gasteiger partial charge >= 0.3 is 0 Å². The normalized spacial score (nSPS) is 11.7. The van der Waals surface area contributed by atoms with Crippen molar-refractivity contribution in [3.8, 4) is 0 Å². The predicted octanol–water partition coefficient (Wildman–Crippen LogP) is 32.1. The maximum atomic E-state index is 4.26. The standard InChI is InChI=1S/4C17H33N3.2C16H31N3.C14H27N3/c2*1-15(2)10-7-5-6-8-12-17-14-18-19-20(17)13-9-11-16(3)4;2*1-15(2)10-8-6-5-7-9-11-17-14-18-19-20(17)13-12-16(3)4;1-14(2)9-6-5-7-12-19-13-16(17-18-19)11-8-10-15(3)4;1-14(2)9-6-5-7-11-16-13-19(18-17-16)12-8-10-15(3)4;1-12(2)7-5-9-14-11-15-16-17(14)10-6-8-13(3)4/h4*14-16H,5-13H2,1-4H3;2*13-15H,5-12H2,1-4H3;11-13H,5-10H2,1-4H3. The molecule has 0 unspecified atom stereocenters. The average molecular weight is 1890 g/mol. The minimum Gasteiger partial charge on any atom is -0.252 e. The van der Waals surface area contributed by atoms with E-state index in [-0.39, 0.29) is 0 Å². The summed E-state index contributed by atoms with van der Waals surface area (Å²) in [7, 11) is 0. The number of rotatable bonds is 72. The van der Waals surface area contributed by atoms with E-state index in [2.05, 4.69) is 302 Å². The Morgan fingerprint density at radius 3 is 0.607 bits per heavy atom. The first-order valence-corrected chi connectivity index (χ1v) is 56.8. The fourth-order valence-electron chi connectivity index (χ4n) is 16.4. The molecule has 0 bridgehead atoms. The molecule has 7 aromatic rings. The summed E-state index contributed by atoms with van der Waals surface area (Å²) < 4.78 is 14.5. The molecule has 0 radical (unpaired) electrons. The average Bonchev–Trinajstić information content (AvgIpc) is 1.79. The van der Waals surface area contributed by atoms with Gasteiger partial charge in [0, 0.05) is 58.2 Å². The highest BCUT2D eigenvalue weighted by molar-refractivity contribution is 4.99. The second-order valence-corrected chi connectivity index (χ2v) is 46.1. The van der Waals surface area contributed by atoms with Crippen molar-refractivity contribution in [1.29, 1.82) is 0 Å². The van der Waals surface area contributed by atoms with Gasteiger partial charge < -0.3 is 0 Å². The predicted molar refractivity (Wildman–Crippen MR) is 577 cm³/mol. The van der Waals surface area contributed by atoms with Crippen LogP contribution >= 0.6 is 0 Å². The van der Waals surface area contributed by atoms with E-state index in [0.717, 1.165) is 185 Å². The van der Waals surface area contributed by atoms with Crippen molar-refractivity contribution < 1.29 is 0 Å². The molecule has 0 spiro atoms. The lowest BCUT2D eigenvalue weighted by atomic mass is 10.0. The second kappa shape index (κ2) is 83.7. The minimum atomic E-state index is 0.730. The molecule has 21 nitrogen and oxygen atoms in total. The van der Waals surface area contributed by atoms with Gasteiger partial charge in [0.2, 0.25) is 0 Å². The van der Waals surface area contributed by atoms with E-state index in [1.54, 1.807) is 0 Å². The van der Waals surface area contributed by atoms with E-state index in [4.69, 9.17) is 0 Å². The van der Waals surface area contributed by atoms with Gasteiger partial charge in [-0.1, -0.05) is 397 Å². The van der Waals surface area contributed by atoms with Crippen LogP contribution in [0.1, 0.15) is 516 Å². The summed E-state index contributed by atoms with van der Waals surface area (Å²) in [5.41, 5.74) is 8.88. The molecule has 0 aliphatic carbocycles. The number of aromatic nitrogens is 21. The molecule has 0 aliphatic heterocycles. The zero-order chi connectivity index (χ0) is 100. The summed E-state index contributed by atoms with van der Waals surface area (Å²) in [5, 5.41) is 58.2. The molecule has 0 atom stereocenters. The second-order valence-electron chi connectivity index (χ2n) is 46.1. The van der Waals surface area contributed by atoms with Gasteiger partial charge in [-0.15, -0.1) is 35.7 Å². The molecule has 7 rings (SSSR count). The van der Waals surface area contributed by atoms with Crippen LogP contribution in [0.15, 0.2) is 43.4 Å². The van der Waals surface area contributed by atoms with Gasteiger partial charge in [-0.05, 0) is 243 Å². The molecule has 0 saturated carbocycles. The fourth-order valence-corrected chi connectivity index (χ4v) is 16.4. The van der Waals surface area contributed by atoms with E-state index in [0.29, 0.717) is 0 Å². The lowest BCUT2D eigenvalue weighted by molar-refractivity contribution is 0.462. The van der Waals surface area contributed by atoms with Crippen LogP contribution in [0.3, 0.4) is 0 Å². The van der Waals surface area contributed by atoms with Gasteiger partial charge in [-0.3, -0.25) is 9.36 Å². The van der Waals surface area contributed by atoms with Crippen molar-refractivity contribution in [3.05, 3.63) is 83.2 Å². The maximum absolute atomic E-state index is 4.26. The Morgan fingerprint density at radius 1 is 0.163 bits per heavy atom. The first-order chi connectivity index (χ1) is 64.6. The first kappa shape index (κ1) is 127. The zero-order valence-corrected chi connectivity index (χ0v) is 94.0. The molecule has 7 heterocycles. The van der Waals surface area contributed by atoms with Gasteiger partial charge in [0.1, 0.15) is 0 Å². The number of unbranched alkanes of at least 4 members (excludes halogenated alkanes) is 18. The maximum Gasteiger partial charge on any atom is 0.0827 e. The Labute approximate surface area is 833 Å². The van der Waals surface area contributed by atoms with E-state index in [1.807, 2.05) is 40.3 Å². The molecule has 0 aliphatic rings. The topological polar surface area (TPSA) is 215 Å². The molecule has 7 aromatic heterocycles. The van der Waals surface area contributed by atoms with Crippen molar-refractivity contribution in [2.45, 2.75) is 567 Å². The van der Waals surface area contributed by atoms with Crippen molar-refractivity contribution >= 4 is 0 Å². The summed E-state index contributed by atoms with van der Waals surface area (Å²) in [4.78, 5) is 0. The van der Waals surface area contributed by atoms with Crippen LogP contribution < -0.4 is 0 Å². The molecule has 0 amide bonds. The van der Waals surface area contributed by atoms with E-state index >= 15 is 0 Å². The summed E-state index contributed by atoms with van der Waals surface area (Å²) in [6.07, 6.45) is 79.4. The van der Waals surface area contributed by atoms with E-state index < -0.39 is 0 Å². The smallest absolute Gasteiger partial charge is 0.0827 e. The van der Waals surface area contributed by atoms with Gasteiger partial charge in [-0.25, -0.2) is 23.4 Å². The molecule has 0 fully saturated rings. The SMILES string of the molecule is CC(C)CCCCCCCc1cnnn1CCC(C)C.CC(C)CCCCCCCc1cnnn1CCC(C)C.CC(C)CCCCCCc1cnnn1CCCC(C)C.CC(C)CCCCCCc1cnnn1CCCC(C)C.CC(C)CCCCCc1cn(CCCC(C)C)nn1.CC(C)CCCCCn1cc(CCCC(C)C)nn1.CC(C)CCCc1cnnn1CCCC(C)C. The lowest BCUT2D eigenvalue weighted by Crippen LogP contribution is -2.07.